The van der Waals surface area contributed by atoms with E-state index in [1.807, 2.05) is 30.3 Å². The second-order valence-electron chi connectivity index (χ2n) is 5.64. The molecule has 0 aromatic heterocycles. The third kappa shape index (κ3) is 8.27. The number of ether oxygens (including phenoxy) is 1. The third-order valence-electron chi connectivity index (χ3n) is 3.65. The lowest BCUT2D eigenvalue weighted by Gasteiger charge is -2.13. The number of Topliss-reactive ketones (excluding diaryl/α,β-unsaturated/α-hetero) is 1. The largest absolute Gasteiger partial charge is 0.445 e. The SMILES string of the molecule is CNC(=O)[C@@H](N)CCCC(N)C(=O)CNC(=O)OCc1ccccc1. The fraction of sp³-hybridized carbons (Fsp3) is 0.471. The fourth-order valence-electron chi connectivity index (χ4n) is 2.10. The Kier molecular flexibility index (Phi) is 9.20. The number of likely N-dealkylation sites (N-methyl/N-ethyl adjacent to an activating group) is 1. The van der Waals surface area contributed by atoms with Crippen molar-refractivity contribution in [3.05, 3.63) is 35.9 Å². The molecule has 6 N–H and O–H groups in total. The Morgan fingerprint density at radius 2 is 1.72 bits per heavy atom. The van der Waals surface area contributed by atoms with Gasteiger partial charge in [-0.15, -0.1) is 0 Å². The van der Waals surface area contributed by atoms with Gasteiger partial charge in [-0.1, -0.05) is 30.3 Å². The van der Waals surface area contributed by atoms with Crippen molar-refractivity contribution in [1.82, 2.24) is 10.6 Å². The van der Waals surface area contributed by atoms with E-state index in [0.717, 1.165) is 5.56 Å². The molecule has 0 radical (unpaired) electrons. The molecule has 8 nitrogen and oxygen atoms in total. The van der Waals surface area contributed by atoms with Gasteiger partial charge in [-0.2, -0.15) is 0 Å². The molecule has 0 saturated carbocycles. The van der Waals surface area contributed by atoms with Crippen molar-refractivity contribution in [3.8, 4) is 0 Å². The van der Waals surface area contributed by atoms with Gasteiger partial charge in [0.05, 0.1) is 18.6 Å². The summed E-state index contributed by atoms with van der Waals surface area (Å²) in [5.74, 6) is -0.548. The second kappa shape index (κ2) is 11.2. The third-order valence-corrected chi connectivity index (χ3v) is 3.65. The number of hydrogen-bond donors (Lipinski definition) is 4. The molecule has 2 atom stereocenters. The number of ketones is 1. The van der Waals surface area contributed by atoms with Crippen molar-refractivity contribution in [2.75, 3.05) is 13.6 Å². The van der Waals surface area contributed by atoms with Gasteiger partial charge in [0, 0.05) is 7.05 Å². The second-order valence-corrected chi connectivity index (χ2v) is 5.64. The van der Waals surface area contributed by atoms with E-state index in [4.69, 9.17) is 16.2 Å². The van der Waals surface area contributed by atoms with Crippen LogP contribution in [-0.2, 0) is 20.9 Å². The summed E-state index contributed by atoms with van der Waals surface area (Å²) in [6.45, 7) is -0.0689. The summed E-state index contributed by atoms with van der Waals surface area (Å²) in [5.41, 5.74) is 12.3. The smallest absolute Gasteiger partial charge is 0.407 e. The van der Waals surface area contributed by atoms with E-state index in [0.29, 0.717) is 19.3 Å². The van der Waals surface area contributed by atoms with E-state index in [2.05, 4.69) is 10.6 Å². The van der Waals surface area contributed by atoms with Crippen LogP contribution in [0.25, 0.3) is 0 Å². The normalized spacial score (nSPS) is 12.8. The summed E-state index contributed by atoms with van der Waals surface area (Å²) < 4.78 is 5.01. The number of rotatable bonds is 10. The molecule has 0 aliphatic heterocycles. The van der Waals surface area contributed by atoms with Gasteiger partial charge < -0.3 is 26.8 Å². The maximum absolute atomic E-state index is 11.9. The lowest BCUT2D eigenvalue weighted by molar-refractivity contribution is -0.122. The Morgan fingerprint density at radius 1 is 1.08 bits per heavy atom. The predicted octanol–water partition coefficient (Wildman–Crippen LogP) is 0.0528. The molecule has 0 heterocycles. The summed E-state index contributed by atoms with van der Waals surface area (Å²) >= 11 is 0. The monoisotopic (exact) mass is 350 g/mol. The van der Waals surface area contributed by atoms with E-state index < -0.39 is 18.2 Å². The van der Waals surface area contributed by atoms with Crippen LogP contribution in [0.3, 0.4) is 0 Å². The quantitative estimate of drug-likeness (QED) is 0.471. The van der Waals surface area contributed by atoms with Crippen molar-refractivity contribution in [3.63, 3.8) is 0 Å². The molecular formula is C17H26N4O4. The minimum Gasteiger partial charge on any atom is -0.445 e. The lowest BCUT2D eigenvalue weighted by Crippen LogP contribution is -2.41. The van der Waals surface area contributed by atoms with E-state index in [-0.39, 0.29) is 24.8 Å². The molecule has 1 aromatic rings. The van der Waals surface area contributed by atoms with Crippen molar-refractivity contribution in [1.29, 1.82) is 0 Å². The summed E-state index contributed by atoms with van der Waals surface area (Å²) in [7, 11) is 1.51. The first kappa shape index (κ1) is 20.6. The molecule has 1 rings (SSSR count). The molecule has 138 valence electrons. The number of amides is 2. The highest BCUT2D eigenvalue weighted by Gasteiger charge is 2.17. The summed E-state index contributed by atoms with van der Waals surface area (Å²) in [6.07, 6.45) is 0.697. The highest BCUT2D eigenvalue weighted by Crippen LogP contribution is 2.03. The summed E-state index contributed by atoms with van der Waals surface area (Å²) in [6, 6.07) is 7.88. The van der Waals surface area contributed by atoms with Crippen molar-refractivity contribution in [2.24, 2.45) is 11.5 Å². The standard InChI is InChI=1S/C17H26N4O4/c1-20-16(23)14(19)9-5-8-13(18)15(22)10-21-17(24)25-11-12-6-3-2-4-7-12/h2-4,6-7,13-14H,5,8-11,18-19H2,1H3,(H,20,23)(H,21,24)/t13?,14-/m0/s1. The number of nitrogens with two attached hydrogens (primary N) is 2. The van der Waals surface area contributed by atoms with Crippen molar-refractivity contribution in [2.45, 2.75) is 38.0 Å². The molecule has 0 aliphatic rings. The van der Waals surface area contributed by atoms with E-state index in [9.17, 15) is 14.4 Å². The Balaban J connectivity index is 2.19. The van der Waals surface area contributed by atoms with Crippen LogP contribution in [0, 0.1) is 0 Å². The van der Waals surface area contributed by atoms with Crippen LogP contribution in [0.1, 0.15) is 24.8 Å². The minimum atomic E-state index is -0.716. The van der Waals surface area contributed by atoms with Crippen LogP contribution in [0.5, 0.6) is 0 Å². The molecule has 8 heteroatoms. The van der Waals surface area contributed by atoms with Gasteiger partial charge in [-0.25, -0.2) is 4.79 Å². The average molecular weight is 350 g/mol. The molecule has 0 fully saturated rings. The summed E-state index contributed by atoms with van der Waals surface area (Å²) in [4.78, 5) is 34.7. The van der Waals surface area contributed by atoms with Gasteiger partial charge >= 0.3 is 6.09 Å². The maximum Gasteiger partial charge on any atom is 0.407 e. The molecule has 0 aliphatic carbocycles. The van der Waals surface area contributed by atoms with Crippen molar-refractivity contribution < 1.29 is 19.1 Å². The Morgan fingerprint density at radius 3 is 2.36 bits per heavy atom. The highest BCUT2D eigenvalue weighted by molar-refractivity contribution is 5.88. The molecule has 1 aromatic carbocycles. The Labute approximate surface area is 147 Å². The number of carbonyl (C=O) groups is 3. The molecule has 1 unspecified atom stereocenters. The highest BCUT2D eigenvalue weighted by atomic mass is 16.5. The molecule has 25 heavy (non-hydrogen) atoms. The van der Waals surface area contributed by atoms with Gasteiger partial charge in [0.2, 0.25) is 5.91 Å². The Bertz CT molecular complexity index is 565. The first-order valence-corrected chi connectivity index (χ1v) is 8.14. The zero-order valence-electron chi connectivity index (χ0n) is 14.4. The number of benzene rings is 1. The van der Waals surface area contributed by atoms with Crippen LogP contribution < -0.4 is 22.1 Å². The van der Waals surface area contributed by atoms with E-state index >= 15 is 0 Å². The molecular weight excluding hydrogens is 324 g/mol. The van der Waals surface area contributed by atoms with Crippen LogP contribution in [0.15, 0.2) is 30.3 Å². The molecule has 0 spiro atoms. The van der Waals surface area contributed by atoms with Crippen LogP contribution >= 0.6 is 0 Å². The van der Waals surface area contributed by atoms with Crippen LogP contribution in [-0.4, -0.2) is 43.5 Å². The van der Waals surface area contributed by atoms with Gasteiger partial charge in [0.25, 0.3) is 0 Å². The summed E-state index contributed by atoms with van der Waals surface area (Å²) in [5, 5.41) is 4.84. The predicted molar refractivity (Wildman–Crippen MR) is 93.5 cm³/mol. The number of carbonyl (C=O) groups excluding carboxylic acids is 3. The Hall–Kier alpha value is -2.45. The zero-order valence-corrected chi connectivity index (χ0v) is 14.4. The first-order chi connectivity index (χ1) is 11.9. The molecule has 0 saturated heterocycles. The lowest BCUT2D eigenvalue weighted by atomic mass is 10.0. The number of alkyl carbamates (subject to hydrolysis) is 1. The van der Waals surface area contributed by atoms with Crippen LogP contribution in [0.4, 0.5) is 4.79 Å². The maximum atomic E-state index is 11.9. The van der Waals surface area contributed by atoms with Gasteiger partial charge in [-0.3, -0.25) is 9.59 Å². The zero-order chi connectivity index (χ0) is 18.7. The number of hydrogen-bond acceptors (Lipinski definition) is 6. The topological polar surface area (TPSA) is 137 Å². The minimum absolute atomic E-state index is 0.129. The molecule has 0 bridgehead atoms. The average Bonchev–Trinajstić information content (AvgIpc) is 2.64. The van der Waals surface area contributed by atoms with E-state index in [1.54, 1.807) is 0 Å². The first-order valence-electron chi connectivity index (χ1n) is 8.14. The van der Waals surface area contributed by atoms with Gasteiger partial charge in [0.1, 0.15) is 6.61 Å². The number of nitrogens with one attached hydrogen (secondary N) is 2. The van der Waals surface area contributed by atoms with Crippen LogP contribution in [0.2, 0.25) is 0 Å². The van der Waals surface area contributed by atoms with Gasteiger partial charge in [0.15, 0.2) is 5.78 Å². The van der Waals surface area contributed by atoms with Gasteiger partial charge in [-0.05, 0) is 24.8 Å². The van der Waals surface area contributed by atoms with E-state index in [1.165, 1.54) is 7.05 Å². The molecule has 2 amide bonds. The van der Waals surface area contributed by atoms with Crippen molar-refractivity contribution >= 4 is 17.8 Å². The fourth-order valence-corrected chi connectivity index (χ4v) is 2.10.